The van der Waals surface area contributed by atoms with Crippen LogP contribution in [0.4, 0.5) is 0 Å². The molecule has 1 saturated heterocycles. The molecule has 1 atom stereocenters. The van der Waals surface area contributed by atoms with Crippen LogP contribution in [0.2, 0.25) is 35.7 Å². The van der Waals surface area contributed by atoms with Crippen molar-refractivity contribution < 1.29 is 14.2 Å². The molecule has 0 bridgehead atoms. The zero-order valence-corrected chi connectivity index (χ0v) is 21.8. The number of rotatable bonds is 9. The van der Waals surface area contributed by atoms with E-state index < -0.39 is 13.7 Å². The molecule has 2 aromatic carbocycles. The largest absolute Gasteiger partial charge is 0.361 e. The maximum atomic E-state index is 6.50. The van der Waals surface area contributed by atoms with E-state index in [0.29, 0.717) is 36.4 Å². The Morgan fingerprint density at radius 3 is 2.61 bits per heavy atom. The van der Waals surface area contributed by atoms with Crippen molar-refractivity contribution in [1.29, 1.82) is 0 Å². The Hall–Kier alpha value is -1.67. The number of nitrogens with zero attached hydrogens (tertiary/aromatic N) is 2. The highest BCUT2D eigenvalue weighted by atomic mass is 35.5. The third-order valence-corrected chi connectivity index (χ3v) is 7.97. The van der Waals surface area contributed by atoms with Crippen LogP contribution in [0.15, 0.2) is 54.7 Å². The van der Waals surface area contributed by atoms with Crippen LogP contribution in [0.5, 0.6) is 0 Å². The first-order valence-corrected chi connectivity index (χ1v) is 15.6. The van der Waals surface area contributed by atoms with E-state index in [9.17, 15) is 0 Å². The molecule has 0 N–H and O–H groups in total. The first-order valence-electron chi connectivity index (χ1n) is 11.1. The van der Waals surface area contributed by atoms with Gasteiger partial charge in [0.2, 0.25) is 0 Å². The highest BCUT2D eigenvalue weighted by Crippen LogP contribution is 2.37. The summed E-state index contributed by atoms with van der Waals surface area (Å²) in [5.74, 6) is 0.767. The fourth-order valence-corrected chi connectivity index (χ4v) is 5.02. The van der Waals surface area contributed by atoms with E-state index in [1.54, 1.807) is 12.1 Å². The molecule has 1 unspecified atom stereocenters. The summed E-state index contributed by atoms with van der Waals surface area (Å²) in [5, 5.41) is 1.20. The number of aromatic nitrogens is 2. The molecule has 4 rings (SSSR count). The molecule has 0 amide bonds. The van der Waals surface area contributed by atoms with Crippen molar-refractivity contribution >= 4 is 31.3 Å². The van der Waals surface area contributed by atoms with Gasteiger partial charge in [0.25, 0.3) is 0 Å². The second-order valence-corrected chi connectivity index (χ2v) is 16.1. The molecule has 0 saturated carbocycles. The van der Waals surface area contributed by atoms with E-state index in [1.165, 1.54) is 0 Å². The molecule has 0 aliphatic carbocycles. The second-order valence-electron chi connectivity index (χ2n) is 9.66. The molecule has 1 aliphatic rings. The fourth-order valence-electron chi connectivity index (χ4n) is 3.88. The minimum Gasteiger partial charge on any atom is -0.361 e. The average molecular weight is 506 g/mol. The van der Waals surface area contributed by atoms with Gasteiger partial charge in [-0.15, -0.1) is 0 Å². The highest BCUT2D eigenvalue weighted by Gasteiger charge is 2.43. The van der Waals surface area contributed by atoms with Crippen molar-refractivity contribution in [2.75, 3.05) is 20.0 Å². The Kier molecular flexibility index (Phi) is 7.63. The topological polar surface area (TPSA) is 45.5 Å². The lowest BCUT2D eigenvalue weighted by molar-refractivity contribution is -0.0235. The molecule has 1 aliphatic heterocycles. The van der Waals surface area contributed by atoms with Gasteiger partial charge in [0, 0.05) is 37.9 Å². The van der Waals surface area contributed by atoms with Gasteiger partial charge in [-0.25, -0.2) is 4.98 Å². The number of hydrogen-bond acceptors (Lipinski definition) is 4. The minimum absolute atomic E-state index is 0.226. The molecule has 3 aromatic rings. The Bertz CT molecular complexity index is 1080. The van der Waals surface area contributed by atoms with Crippen LogP contribution in [-0.4, -0.2) is 37.6 Å². The van der Waals surface area contributed by atoms with Crippen LogP contribution >= 0.6 is 23.2 Å². The first kappa shape index (κ1) is 24.5. The first-order chi connectivity index (χ1) is 15.8. The summed E-state index contributed by atoms with van der Waals surface area (Å²) in [5.41, 5.74) is 1.95. The van der Waals surface area contributed by atoms with Gasteiger partial charge in [-0.05, 0) is 29.8 Å². The third kappa shape index (κ3) is 6.07. The Morgan fingerprint density at radius 2 is 1.91 bits per heavy atom. The summed E-state index contributed by atoms with van der Waals surface area (Å²) in [7, 11) is -1.19. The SMILES string of the molecule is C[Si](C)(C)CCOCn1cc(-c2cc(Cl)ccc2Cl)nc1C1(Cc2ccccc2)COCO1. The third-order valence-electron chi connectivity index (χ3n) is 5.70. The molecule has 0 spiro atoms. The Labute approximate surface area is 206 Å². The van der Waals surface area contributed by atoms with Gasteiger partial charge < -0.3 is 18.8 Å². The molecule has 33 heavy (non-hydrogen) atoms. The second kappa shape index (κ2) is 10.3. The number of benzene rings is 2. The monoisotopic (exact) mass is 504 g/mol. The van der Waals surface area contributed by atoms with E-state index in [4.69, 9.17) is 42.4 Å². The quantitative estimate of drug-likeness (QED) is 0.243. The van der Waals surface area contributed by atoms with Crippen molar-refractivity contribution in [3.8, 4) is 11.3 Å². The maximum absolute atomic E-state index is 6.50. The van der Waals surface area contributed by atoms with E-state index >= 15 is 0 Å². The zero-order valence-electron chi connectivity index (χ0n) is 19.3. The fraction of sp³-hybridized carbons (Fsp3) is 0.400. The van der Waals surface area contributed by atoms with Gasteiger partial charge in [-0.2, -0.15) is 0 Å². The van der Waals surface area contributed by atoms with Gasteiger partial charge in [0.15, 0.2) is 5.60 Å². The lowest BCUT2D eigenvalue weighted by atomic mass is 9.94. The van der Waals surface area contributed by atoms with Crippen molar-refractivity contribution in [2.45, 2.75) is 44.4 Å². The van der Waals surface area contributed by atoms with Crippen molar-refractivity contribution in [3.05, 3.63) is 76.2 Å². The number of hydrogen-bond donors (Lipinski definition) is 0. The van der Waals surface area contributed by atoms with Gasteiger partial charge in [0.1, 0.15) is 19.3 Å². The molecule has 8 heteroatoms. The van der Waals surface area contributed by atoms with Crippen molar-refractivity contribution in [3.63, 3.8) is 0 Å². The Morgan fingerprint density at radius 1 is 1.12 bits per heavy atom. The molecule has 5 nitrogen and oxygen atoms in total. The van der Waals surface area contributed by atoms with Crippen molar-refractivity contribution in [2.24, 2.45) is 0 Å². The normalized spacial score (nSPS) is 18.7. The maximum Gasteiger partial charge on any atom is 0.156 e. The lowest BCUT2D eigenvalue weighted by Gasteiger charge is -2.27. The van der Waals surface area contributed by atoms with Gasteiger partial charge in [-0.1, -0.05) is 73.2 Å². The van der Waals surface area contributed by atoms with Gasteiger partial charge in [0.05, 0.1) is 17.3 Å². The molecule has 1 aromatic heterocycles. The van der Waals surface area contributed by atoms with Crippen LogP contribution < -0.4 is 0 Å². The lowest BCUT2D eigenvalue weighted by Crippen LogP contribution is -2.35. The van der Waals surface area contributed by atoms with Gasteiger partial charge in [-0.3, -0.25) is 0 Å². The number of halogens is 2. The predicted molar refractivity (Wildman–Crippen MR) is 136 cm³/mol. The molecule has 1 fully saturated rings. The smallest absolute Gasteiger partial charge is 0.156 e. The molecule has 176 valence electrons. The van der Waals surface area contributed by atoms with Crippen LogP contribution in [-0.2, 0) is 33.0 Å². The summed E-state index contributed by atoms with van der Waals surface area (Å²) in [6.45, 7) is 8.76. The molecular weight excluding hydrogens is 475 g/mol. The molecule has 2 heterocycles. The van der Waals surface area contributed by atoms with Crippen LogP contribution in [0.1, 0.15) is 11.4 Å². The Balaban J connectivity index is 1.70. The summed E-state index contributed by atoms with van der Waals surface area (Å²) >= 11 is 12.8. The summed E-state index contributed by atoms with van der Waals surface area (Å²) in [4.78, 5) is 5.00. The van der Waals surface area contributed by atoms with E-state index in [2.05, 4.69) is 31.8 Å². The summed E-state index contributed by atoms with van der Waals surface area (Å²) in [6.07, 6.45) is 2.61. The zero-order chi connectivity index (χ0) is 23.5. The number of ether oxygens (including phenoxy) is 3. The average Bonchev–Trinajstić information content (AvgIpc) is 3.41. The molecular formula is C25H30Cl2N2O3Si. The molecule has 0 radical (unpaired) electrons. The van der Waals surface area contributed by atoms with Crippen LogP contribution in [0, 0.1) is 0 Å². The van der Waals surface area contributed by atoms with Crippen molar-refractivity contribution in [1.82, 2.24) is 9.55 Å². The predicted octanol–water partition coefficient (Wildman–Crippen LogP) is 6.61. The highest BCUT2D eigenvalue weighted by molar-refractivity contribution is 6.76. The summed E-state index contributed by atoms with van der Waals surface area (Å²) < 4.78 is 20.1. The van der Waals surface area contributed by atoms with E-state index in [1.807, 2.05) is 35.0 Å². The van der Waals surface area contributed by atoms with E-state index in [0.717, 1.165) is 28.7 Å². The van der Waals surface area contributed by atoms with Gasteiger partial charge >= 0.3 is 0 Å². The standard InChI is InChI=1S/C25H30Cl2N2O3Si/c1-33(2,3)12-11-30-17-29-15-23(21-13-20(26)9-10-22(21)27)28-24(29)25(16-31-18-32-25)14-19-7-5-4-6-8-19/h4-10,13,15H,11-12,14,16-18H2,1-3H3. The number of imidazole rings is 1. The van der Waals surface area contributed by atoms with Crippen LogP contribution in [0.25, 0.3) is 11.3 Å². The van der Waals surface area contributed by atoms with E-state index in [-0.39, 0.29) is 6.79 Å². The minimum atomic E-state index is -1.19. The van der Waals surface area contributed by atoms with Crippen LogP contribution in [0.3, 0.4) is 0 Å². The summed E-state index contributed by atoms with van der Waals surface area (Å²) in [6, 6.07) is 16.7.